The Balaban J connectivity index is 1.65. The monoisotopic (exact) mass is 330 g/mol. The van der Waals surface area contributed by atoms with E-state index in [-0.39, 0.29) is 11.8 Å². The molecule has 0 heterocycles. The van der Waals surface area contributed by atoms with Gasteiger partial charge in [0.1, 0.15) is 0 Å². The van der Waals surface area contributed by atoms with Crippen molar-refractivity contribution in [2.75, 3.05) is 10.6 Å². The fourth-order valence-corrected chi connectivity index (χ4v) is 2.46. The number of benzene rings is 3. The summed E-state index contributed by atoms with van der Waals surface area (Å²) in [5.41, 5.74) is 3.50. The molecule has 0 aliphatic rings. The number of carbonyl (C=O) groups is 2. The van der Waals surface area contributed by atoms with Gasteiger partial charge in [0.25, 0.3) is 11.8 Å². The summed E-state index contributed by atoms with van der Waals surface area (Å²) in [6.45, 7) is 1.90. The van der Waals surface area contributed by atoms with Gasteiger partial charge in [-0.25, -0.2) is 0 Å². The van der Waals surface area contributed by atoms with Crippen LogP contribution in [0.1, 0.15) is 26.3 Å². The molecule has 0 aliphatic carbocycles. The van der Waals surface area contributed by atoms with Gasteiger partial charge in [-0.05, 0) is 55.0 Å². The molecule has 0 fully saturated rings. The van der Waals surface area contributed by atoms with Crippen molar-refractivity contribution in [1.82, 2.24) is 0 Å². The van der Waals surface area contributed by atoms with Crippen molar-refractivity contribution in [2.45, 2.75) is 6.92 Å². The molecular formula is C21H18N2O2. The third kappa shape index (κ3) is 4.12. The number of hydrogen-bond acceptors (Lipinski definition) is 2. The van der Waals surface area contributed by atoms with Crippen LogP contribution in [0.3, 0.4) is 0 Å². The molecule has 0 atom stereocenters. The highest BCUT2D eigenvalue weighted by Crippen LogP contribution is 2.16. The Labute approximate surface area is 146 Å². The minimum atomic E-state index is -0.169. The first-order valence-corrected chi connectivity index (χ1v) is 7.97. The predicted molar refractivity (Wildman–Crippen MR) is 100.0 cm³/mol. The quantitative estimate of drug-likeness (QED) is 0.740. The molecule has 2 amide bonds. The lowest BCUT2D eigenvalue weighted by molar-refractivity contribution is 0.101. The lowest BCUT2D eigenvalue weighted by Crippen LogP contribution is -2.14. The van der Waals surface area contributed by atoms with Crippen molar-refractivity contribution < 1.29 is 9.59 Å². The summed E-state index contributed by atoms with van der Waals surface area (Å²) in [5, 5.41) is 5.69. The molecule has 0 saturated carbocycles. The van der Waals surface area contributed by atoms with Gasteiger partial charge in [-0.2, -0.15) is 0 Å². The van der Waals surface area contributed by atoms with Gasteiger partial charge in [-0.15, -0.1) is 0 Å². The molecule has 0 spiro atoms. The molecule has 0 aromatic heterocycles. The second-order valence-corrected chi connectivity index (χ2v) is 5.67. The van der Waals surface area contributed by atoms with E-state index in [9.17, 15) is 9.59 Å². The highest BCUT2D eigenvalue weighted by atomic mass is 16.2. The van der Waals surface area contributed by atoms with Crippen LogP contribution < -0.4 is 10.6 Å². The van der Waals surface area contributed by atoms with Crippen molar-refractivity contribution >= 4 is 23.2 Å². The van der Waals surface area contributed by atoms with E-state index in [0.29, 0.717) is 22.5 Å². The average molecular weight is 330 g/mol. The van der Waals surface area contributed by atoms with E-state index >= 15 is 0 Å². The Morgan fingerprint density at radius 1 is 0.640 bits per heavy atom. The van der Waals surface area contributed by atoms with Gasteiger partial charge >= 0.3 is 0 Å². The fourth-order valence-electron chi connectivity index (χ4n) is 2.46. The molecule has 124 valence electrons. The highest BCUT2D eigenvalue weighted by molar-refractivity contribution is 6.06. The topological polar surface area (TPSA) is 58.2 Å². The summed E-state index contributed by atoms with van der Waals surface area (Å²) in [7, 11) is 0. The highest BCUT2D eigenvalue weighted by Gasteiger charge is 2.09. The van der Waals surface area contributed by atoms with Crippen LogP contribution in [-0.2, 0) is 0 Å². The van der Waals surface area contributed by atoms with E-state index in [4.69, 9.17) is 0 Å². The Kier molecular flexibility index (Phi) is 4.90. The molecule has 0 saturated heterocycles. The van der Waals surface area contributed by atoms with E-state index in [2.05, 4.69) is 10.6 Å². The van der Waals surface area contributed by atoms with E-state index in [0.717, 1.165) is 5.56 Å². The molecule has 3 rings (SSSR count). The summed E-state index contributed by atoms with van der Waals surface area (Å²) in [6.07, 6.45) is 0. The average Bonchev–Trinajstić information content (AvgIpc) is 2.64. The lowest BCUT2D eigenvalue weighted by atomic mass is 10.1. The van der Waals surface area contributed by atoms with Crippen LogP contribution in [0, 0.1) is 6.92 Å². The number of carbonyl (C=O) groups excluding carboxylic acids is 2. The fraction of sp³-hybridized carbons (Fsp3) is 0.0476. The number of anilines is 2. The van der Waals surface area contributed by atoms with Gasteiger partial charge in [-0.1, -0.05) is 36.4 Å². The minimum Gasteiger partial charge on any atom is -0.322 e. The zero-order chi connectivity index (χ0) is 17.6. The number of aryl methyl sites for hydroxylation is 1. The van der Waals surface area contributed by atoms with E-state index in [1.54, 1.807) is 42.5 Å². The first kappa shape index (κ1) is 16.5. The van der Waals surface area contributed by atoms with E-state index in [1.807, 2.05) is 43.3 Å². The summed E-state index contributed by atoms with van der Waals surface area (Å²) in [4.78, 5) is 24.4. The zero-order valence-corrected chi connectivity index (χ0v) is 13.8. The SMILES string of the molecule is Cc1ccccc1C(=O)Nc1ccc(NC(=O)c2ccccc2)cc1. The van der Waals surface area contributed by atoms with Crippen LogP contribution in [-0.4, -0.2) is 11.8 Å². The minimum absolute atomic E-state index is 0.154. The van der Waals surface area contributed by atoms with Gasteiger partial charge < -0.3 is 10.6 Å². The van der Waals surface area contributed by atoms with Crippen molar-refractivity contribution in [3.8, 4) is 0 Å². The summed E-state index contributed by atoms with van der Waals surface area (Å²) >= 11 is 0. The van der Waals surface area contributed by atoms with Crippen LogP contribution in [0.15, 0.2) is 78.9 Å². The summed E-state index contributed by atoms with van der Waals surface area (Å²) < 4.78 is 0. The normalized spacial score (nSPS) is 10.1. The van der Waals surface area contributed by atoms with Gasteiger partial charge in [0.15, 0.2) is 0 Å². The van der Waals surface area contributed by atoms with Crippen LogP contribution in [0.4, 0.5) is 11.4 Å². The number of rotatable bonds is 4. The van der Waals surface area contributed by atoms with Gasteiger partial charge in [0, 0.05) is 22.5 Å². The number of nitrogens with one attached hydrogen (secondary N) is 2. The molecule has 25 heavy (non-hydrogen) atoms. The molecule has 4 heteroatoms. The molecule has 0 radical (unpaired) electrons. The molecule has 2 N–H and O–H groups in total. The second kappa shape index (κ2) is 7.45. The van der Waals surface area contributed by atoms with Crippen LogP contribution in [0.5, 0.6) is 0 Å². The molecule has 0 unspecified atom stereocenters. The third-order valence-electron chi connectivity index (χ3n) is 3.83. The largest absolute Gasteiger partial charge is 0.322 e. The first-order valence-electron chi connectivity index (χ1n) is 7.97. The molecule has 3 aromatic carbocycles. The van der Waals surface area contributed by atoms with Crippen molar-refractivity contribution in [2.24, 2.45) is 0 Å². The summed E-state index contributed by atoms with van der Waals surface area (Å²) in [5.74, 6) is -0.323. The van der Waals surface area contributed by atoms with Crippen molar-refractivity contribution in [1.29, 1.82) is 0 Å². The van der Waals surface area contributed by atoms with Gasteiger partial charge in [-0.3, -0.25) is 9.59 Å². The van der Waals surface area contributed by atoms with Crippen molar-refractivity contribution in [3.63, 3.8) is 0 Å². The molecule has 4 nitrogen and oxygen atoms in total. The molecular weight excluding hydrogens is 312 g/mol. The maximum Gasteiger partial charge on any atom is 0.255 e. The first-order chi connectivity index (χ1) is 12.1. The Morgan fingerprint density at radius 3 is 1.76 bits per heavy atom. The molecule has 0 aliphatic heterocycles. The van der Waals surface area contributed by atoms with Crippen LogP contribution in [0.2, 0.25) is 0 Å². The van der Waals surface area contributed by atoms with Crippen molar-refractivity contribution in [3.05, 3.63) is 95.6 Å². The Bertz CT molecular complexity index is 887. The smallest absolute Gasteiger partial charge is 0.255 e. The zero-order valence-electron chi connectivity index (χ0n) is 13.8. The van der Waals surface area contributed by atoms with Crippen LogP contribution >= 0.6 is 0 Å². The maximum atomic E-state index is 12.3. The van der Waals surface area contributed by atoms with Gasteiger partial charge in [0.2, 0.25) is 0 Å². The van der Waals surface area contributed by atoms with Crippen LogP contribution in [0.25, 0.3) is 0 Å². The number of hydrogen-bond donors (Lipinski definition) is 2. The lowest BCUT2D eigenvalue weighted by Gasteiger charge is -2.09. The second-order valence-electron chi connectivity index (χ2n) is 5.67. The Hall–Kier alpha value is -3.40. The Morgan fingerprint density at radius 2 is 1.16 bits per heavy atom. The standard InChI is InChI=1S/C21H18N2O2/c1-15-7-5-6-10-19(15)21(25)23-18-13-11-17(12-14-18)22-20(24)16-8-3-2-4-9-16/h2-14H,1H3,(H,22,24)(H,23,25). The maximum absolute atomic E-state index is 12.3. The van der Waals surface area contributed by atoms with Gasteiger partial charge in [0.05, 0.1) is 0 Å². The third-order valence-corrected chi connectivity index (χ3v) is 3.83. The predicted octanol–water partition coefficient (Wildman–Crippen LogP) is 4.50. The summed E-state index contributed by atoms with van der Waals surface area (Å²) in [6, 6.07) is 23.5. The molecule has 3 aromatic rings. The molecule has 0 bridgehead atoms. The number of amides is 2. The van der Waals surface area contributed by atoms with E-state index in [1.165, 1.54) is 0 Å². The van der Waals surface area contributed by atoms with E-state index < -0.39 is 0 Å².